The van der Waals surface area contributed by atoms with Gasteiger partial charge in [-0.05, 0) is 48.7 Å². The van der Waals surface area contributed by atoms with Gasteiger partial charge >= 0.3 is 5.97 Å². The second-order valence-electron chi connectivity index (χ2n) is 5.86. The van der Waals surface area contributed by atoms with E-state index in [-0.39, 0.29) is 12.5 Å². The zero-order chi connectivity index (χ0) is 18.2. The molecule has 2 aromatic carbocycles. The van der Waals surface area contributed by atoms with E-state index < -0.39 is 5.97 Å². The van der Waals surface area contributed by atoms with Crippen molar-refractivity contribution in [3.05, 3.63) is 59.7 Å². The lowest BCUT2D eigenvalue weighted by atomic mass is 10.0. The first-order chi connectivity index (χ1) is 12.0. The summed E-state index contributed by atoms with van der Waals surface area (Å²) in [6, 6.07) is 14.3. The minimum Gasteiger partial charge on any atom is -0.484 e. The van der Waals surface area contributed by atoms with Gasteiger partial charge in [0.05, 0.1) is 12.2 Å². The van der Waals surface area contributed by atoms with Gasteiger partial charge < -0.3 is 14.8 Å². The van der Waals surface area contributed by atoms with E-state index in [1.54, 1.807) is 31.2 Å². The lowest BCUT2D eigenvalue weighted by molar-refractivity contribution is -0.118. The number of ether oxygens (including phenoxy) is 2. The number of carbonyl (C=O) groups excluding carboxylic acids is 2. The SMILES string of the molecule is CCOC(=O)c1cccc(NC(=O)COc2ccc(C(C)C)cc2)c1. The molecular weight excluding hydrogens is 318 g/mol. The number of anilines is 1. The second kappa shape index (κ2) is 8.87. The van der Waals surface area contributed by atoms with Crippen molar-refractivity contribution < 1.29 is 19.1 Å². The molecule has 0 heterocycles. The van der Waals surface area contributed by atoms with Crippen LogP contribution in [0.15, 0.2) is 48.5 Å². The summed E-state index contributed by atoms with van der Waals surface area (Å²) in [7, 11) is 0. The molecular formula is C20H23NO4. The normalized spacial score (nSPS) is 10.4. The van der Waals surface area contributed by atoms with Crippen LogP contribution in [0.5, 0.6) is 5.75 Å². The van der Waals surface area contributed by atoms with E-state index in [2.05, 4.69) is 19.2 Å². The van der Waals surface area contributed by atoms with Gasteiger partial charge in [0, 0.05) is 5.69 Å². The summed E-state index contributed by atoms with van der Waals surface area (Å²) in [5.41, 5.74) is 2.13. The Bertz CT molecular complexity index is 723. The average Bonchev–Trinajstić information content (AvgIpc) is 2.61. The summed E-state index contributed by atoms with van der Waals surface area (Å²) in [5.74, 6) is 0.373. The zero-order valence-corrected chi connectivity index (χ0v) is 14.7. The van der Waals surface area contributed by atoms with Crippen molar-refractivity contribution in [3.63, 3.8) is 0 Å². The molecule has 0 bridgehead atoms. The Hall–Kier alpha value is -2.82. The van der Waals surface area contributed by atoms with E-state index in [0.29, 0.717) is 29.5 Å². The van der Waals surface area contributed by atoms with Crippen molar-refractivity contribution in [1.29, 1.82) is 0 Å². The van der Waals surface area contributed by atoms with Crippen LogP contribution in [0.2, 0.25) is 0 Å². The molecule has 0 radical (unpaired) electrons. The Kier molecular flexibility index (Phi) is 6.57. The van der Waals surface area contributed by atoms with Gasteiger partial charge in [-0.15, -0.1) is 0 Å². The topological polar surface area (TPSA) is 64.6 Å². The standard InChI is InChI=1S/C20H23NO4/c1-4-24-20(23)16-6-5-7-17(12-16)21-19(22)13-25-18-10-8-15(9-11-18)14(2)3/h5-12,14H,4,13H2,1-3H3,(H,21,22). The van der Waals surface area contributed by atoms with Crippen LogP contribution in [-0.4, -0.2) is 25.1 Å². The molecule has 0 aliphatic heterocycles. The van der Waals surface area contributed by atoms with Crippen molar-refractivity contribution >= 4 is 17.6 Å². The van der Waals surface area contributed by atoms with Crippen LogP contribution < -0.4 is 10.1 Å². The summed E-state index contributed by atoms with van der Waals surface area (Å²) in [5, 5.41) is 2.71. The molecule has 0 spiro atoms. The minimum absolute atomic E-state index is 0.106. The molecule has 2 aromatic rings. The van der Waals surface area contributed by atoms with Gasteiger partial charge in [-0.1, -0.05) is 32.0 Å². The summed E-state index contributed by atoms with van der Waals surface area (Å²) < 4.78 is 10.4. The van der Waals surface area contributed by atoms with Crippen LogP contribution in [0, 0.1) is 0 Å². The number of amides is 1. The van der Waals surface area contributed by atoms with Crippen LogP contribution >= 0.6 is 0 Å². The first kappa shape index (κ1) is 18.5. The number of esters is 1. The maximum absolute atomic E-state index is 12.0. The third kappa shape index (κ3) is 5.64. The van der Waals surface area contributed by atoms with Crippen LogP contribution in [0.25, 0.3) is 0 Å². The molecule has 0 fully saturated rings. The number of hydrogen-bond donors (Lipinski definition) is 1. The molecule has 132 valence electrons. The van der Waals surface area contributed by atoms with Crippen LogP contribution in [0.3, 0.4) is 0 Å². The van der Waals surface area contributed by atoms with Gasteiger partial charge in [0.15, 0.2) is 6.61 Å². The molecule has 0 aliphatic carbocycles. The van der Waals surface area contributed by atoms with E-state index in [0.717, 1.165) is 0 Å². The summed E-state index contributed by atoms with van der Waals surface area (Å²) >= 11 is 0. The highest BCUT2D eigenvalue weighted by Gasteiger charge is 2.09. The number of nitrogens with one attached hydrogen (secondary N) is 1. The Morgan fingerprint density at radius 1 is 1.08 bits per heavy atom. The van der Waals surface area contributed by atoms with Crippen molar-refractivity contribution in [2.75, 3.05) is 18.5 Å². The molecule has 0 aliphatic rings. The second-order valence-corrected chi connectivity index (χ2v) is 5.86. The van der Waals surface area contributed by atoms with Gasteiger partial charge in [0.2, 0.25) is 0 Å². The molecule has 1 N–H and O–H groups in total. The molecule has 0 atom stereocenters. The molecule has 0 aromatic heterocycles. The van der Waals surface area contributed by atoms with Gasteiger partial charge in [0.25, 0.3) is 5.91 Å². The van der Waals surface area contributed by atoms with Crippen molar-refractivity contribution in [2.24, 2.45) is 0 Å². The third-order valence-electron chi connectivity index (χ3n) is 3.57. The lowest BCUT2D eigenvalue weighted by Crippen LogP contribution is -2.20. The Balaban J connectivity index is 1.89. The van der Waals surface area contributed by atoms with Gasteiger partial charge in [-0.2, -0.15) is 0 Å². The average molecular weight is 341 g/mol. The largest absolute Gasteiger partial charge is 0.484 e. The van der Waals surface area contributed by atoms with E-state index in [9.17, 15) is 9.59 Å². The molecule has 0 saturated heterocycles. The van der Waals surface area contributed by atoms with E-state index >= 15 is 0 Å². The maximum atomic E-state index is 12.0. The van der Waals surface area contributed by atoms with Gasteiger partial charge in [-0.3, -0.25) is 4.79 Å². The number of hydrogen-bond acceptors (Lipinski definition) is 4. The van der Waals surface area contributed by atoms with Crippen LogP contribution in [0.1, 0.15) is 42.6 Å². The predicted molar refractivity (Wildman–Crippen MR) is 97.1 cm³/mol. The van der Waals surface area contributed by atoms with E-state index in [4.69, 9.17) is 9.47 Å². The maximum Gasteiger partial charge on any atom is 0.338 e. The molecule has 0 saturated carbocycles. The Labute approximate surface area is 148 Å². The smallest absolute Gasteiger partial charge is 0.338 e. The number of carbonyl (C=O) groups is 2. The highest BCUT2D eigenvalue weighted by molar-refractivity contribution is 5.95. The third-order valence-corrected chi connectivity index (χ3v) is 3.57. The zero-order valence-electron chi connectivity index (χ0n) is 14.7. The Morgan fingerprint density at radius 3 is 2.44 bits per heavy atom. The highest BCUT2D eigenvalue weighted by atomic mass is 16.5. The first-order valence-electron chi connectivity index (χ1n) is 8.29. The fourth-order valence-corrected chi connectivity index (χ4v) is 2.23. The van der Waals surface area contributed by atoms with E-state index in [1.165, 1.54) is 5.56 Å². The number of rotatable bonds is 7. The molecule has 25 heavy (non-hydrogen) atoms. The molecule has 5 heteroatoms. The first-order valence-corrected chi connectivity index (χ1v) is 8.29. The summed E-state index contributed by atoms with van der Waals surface area (Å²) in [4.78, 5) is 23.7. The van der Waals surface area contributed by atoms with Gasteiger partial charge in [-0.25, -0.2) is 4.79 Å². The van der Waals surface area contributed by atoms with Crippen molar-refractivity contribution in [2.45, 2.75) is 26.7 Å². The fourth-order valence-electron chi connectivity index (χ4n) is 2.23. The van der Waals surface area contributed by atoms with Gasteiger partial charge in [0.1, 0.15) is 5.75 Å². The number of benzene rings is 2. The van der Waals surface area contributed by atoms with Crippen LogP contribution in [0.4, 0.5) is 5.69 Å². The van der Waals surface area contributed by atoms with Crippen LogP contribution in [-0.2, 0) is 9.53 Å². The molecule has 0 unspecified atom stereocenters. The molecule has 2 rings (SSSR count). The van der Waals surface area contributed by atoms with Crippen molar-refractivity contribution in [1.82, 2.24) is 0 Å². The fraction of sp³-hybridized carbons (Fsp3) is 0.300. The molecule has 1 amide bonds. The molecule has 5 nitrogen and oxygen atoms in total. The quantitative estimate of drug-likeness (QED) is 0.773. The minimum atomic E-state index is -0.417. The monoisotopic (exact) mass is 341 g/mol. The summed E-state index contributed by atoms with van der Waals surface area (Å²) in [6.45, 7) is 6.18. The predicted octanol–water partition coefficient (Wildman–Crippen LogP) is 4.00. The summed E-state index contributed by atoms with van der Waals surface area (Å²) in [6.07, 6.45) is 0. The van der Waals surface area contributed by atoms with Crippen molar-refractivity contribution in [3.8, 4) is 5.75 Å². The van der Waals surface area contributed by atoms with E-state index in [1.807, 2.05) is 24.3 Å². The highest BCUT2D eigenvalue weighted by Crippen LogP contribution is 2.18. The Morgan fingerprint density at radius 2 is 1.80 bits per heavy atom. The lowest BCUT2D eigenvalue weighted by Gasteiger charge is -2.10.